The highest BCUT2D eigenvalue weighted by Crippen LogP contribution is 2.51. The summed E-state index contributed by atoms with van der Waals surface area (Å²) in [4.78, 5) is 29.3. The summed E-state index contributed by atoms with van der Waals surface area (Å²) in [6.07, 6.45) is 9.52. The zero-order chi connectivity index (χ0) is 20.4. The summed E-state index contributed by atoms with van der Waals surface area (Å²) in [6, 6.07) is 9.95. The first-order chi connectivity index (χ1) is 14.0. The zero-order valence-electron chi connectivity index (χ0n) is 17.5. The molecule has 1 saturated carbocycles. The predicted octanol–water partition coefficient (Wildman–Crippen LogP) is 5.39. The molecule has 1 N–H and O–H groups in total. The van der Waals surface area contributed by atoms with Crippen molar-refractivity contribution in [2.45, 2.75) is 70.6 Å². The number of carbonyl (C=O) groups excluding carboxylic acids is 2. The van der Waals surface area contributed by atoms with E-state index >= 15 is 0 Å². The molecule has 2 aliphatic rings. The number of rotatable bonds is 4. The maximum Gasteiger partial charge on any atom is 0.255 e. The Kier molecular flexibility index (Phi) is 5.53. The Labute approximate surface area is 173 Å². The second-order valence-corrected chi connectivity index (χ2v) is 8.70. The number of aryl methyl sites for hydroxylation is 2. The third-order valence-electron chi connectivity index (χ3n) is 6.96. The van der Waals surface area contributed by atoms with E-state index in [1.807, 2.05) is 25.1 Å². The molecule has 0 saturated heterocycles. The number of nitrogens with zero attached hydrogens (tertiary/aromatic N) is 1. The molecule has 2 atom stereocenters. The molecule has 1 aromatic heterocycles. The highest BCUT2D eigenvalue weighted by atomic mass is 16.1. The van der Waals surface area contributed by atoms with Crippen LogP contribution >= 0.6 is 0 Å². The molecule has 1 amide bonds. The minimum absolute atomic E-state index is 0.0898. The van der Waals surface area contributed by atoms with Crippen LogP contribution in [0.3, 0.4) is 0 Å². The Morgan fingerprint density at radius 1 is 1.28 bits per heavy atom. The topological polar surface area (TPSA) is 59.1 Å². The number of amides is 1. The molecule has 1 heterocycles. The SMILES string of the molecule is CCC[C@]12CCC(=O)C[C@H]1CCCc1cc(C(=O)Nc3cccnc3C)ccc12. The maximum absolute atomic E-state index is 12.9. The number of fused-ring (bicyclic) bond motifs is 3. The van der Waals surface area contributed by atoms with E-state index in [9.17, 15) is 9.59 Å². The lowest BCUT2D eigenvalue weighted by Gasteiger charge is -2.44. The molecule has 2 aliphatic carbocycles. The fraction of sp³-hybridized carbons (Fsp3) is 0.480. The highest BCUT2D eigenvalue weighted by molar-refractivity contribution is 6.04. The third-order valence-corrected chi connectivity index (χ3v) is 6.96. The van der Waals surface area contributed by atoms with Gasteiger partial charge < -0.3 is 5.32 Å². The van der Waals surface area contributed by atoms with Crippen LogP contribution in [0.15, 0.2) is 36.5 Å². The Bertz CT molecular complexity index is 936. The number of carbonyl (C=O) groups is 2. The number of nitrogens with one attached hydrogen (secondary N) is 1. The number of pyridine rings is 1. The fourth-order valence-corrected chi connectivity index (χ4v) is 5.56. The van der Waals surface area contributed by atoms with Crippen LogP contribution in [-0.2, 0) is 16.6 Å². The van der Waals surface area contributed by atoms with Gasteiger partial charge in [0.1, 0.15) is 5.78 Å². The number of ketones is 1. The van der Waals surface area contributed by atoms with Crippen LogP contribution in [0, 0.1) is 12.8 Å². The van der Waals surface area contributed by atoms with E-state index in [0.717, 1.165) is 56.3 Å². The van der Waals surface area contributed by atoms with E-state index in [-0.39, 0.29) is 11.3 Å². The summed E-state index contributed by atoms with van der Waals surface area (Å²) in [5, 5.41) is 3.00. The van der Waals surface area contributed by atoms with Crippen molar-refractivity contribution in [1.82, 2.24) is 4.98 Å². The lowest BCUT2D eigenvalue weighted by Crippen LogP contribution is -2.40. The van der Waals surface area contributed by atoms with Gasteiger partial charge in [0.05, 0.1) is 11.4 Å². The molecule has 152 valence electrons. The molecule has 0 spiro atoms. The number of aromatic nitrogens is 1. The first kappa shape index (κ1) is 19.8. The van der Waals surface area contributed by atoms with E-state index in [1.165, 1.54) is 11.1 Å². The van der Waals surface area contributed by atoms with Crippen molar-refractivity contribution in [2.75, 3.05) is 5.32 Å². The lowest BCUT2D eigenvalue weighted by atomic mass is 9.59. The highest BCUT2D eigenvalue weighted by Gasteiger charge is 2.45. The van der Waals surface area contributed by atoms with Crippen molar-refractivity contribution in [3.8, 4) is 0 Å². The van der Waals surface area contributed by atoms with Gasteiger partial charge in [-0.3, -0.25) is 14.6 Å². The molecule has 0 bridgehead atoms. The molecule has 0 aliphatic heterocycles. The first-order valence-corrected chi connectivity index (χ1v) is 10.9. The Morgan fingerprint density at radius 3 is 2.93 bits per heavy atom. The quantitative estimate of drug-likeness (QED) is 0.762. The summed E-state index contributed by atoms with van der Waals surface area (Å²) >= 11 is 0. The monoisotopic (exact) mass is 390 g/mol. The van der Waals surface area contributed by atoms with Crippen LogP contribution in [0.25, 0.3) is 0 Å². The number of anilines is 1. The van der Waals surface area contributed by atoms with Crippen molar-refractivity contribution in [3.05, 3.63) is 58.9 Å². The number of Topliss-reactive ketones (excluding diaryl/α,β-unsaturated/α-hetero) is 1. The molecule has 29 heavy (non-hydrogen) atoms. The molecule has 0 unspecified atom stereocenters. The van der Waals surface area contributed by atoms with Crippen molar-refractivity contribution in [3.63, 3.8) is 0 Å². The van der Waals surface area contributed by atoms with Crippen molar-refractivity contribution in [2.24, 2.45) is 5.92 Å². The second-order valence-electron chi connectivity index (χ2n) is 8.70. The van der Waals surface area contributed by atoms with Gasteiger partial charge in [-0.15, -0.1) is 0 Å². The second kappa shape index (κ2) is 8.10. The van der Waals surface area contributed by atoms with E-state index in [2.05, 4.69) is 29.4 Å². The predicted molar refractivity (Wildman–Crippen MR) is 115 cm³/mol. The third kappa shape index (κ3) is 3.73. The van der Waals surface area contributed by atoms with Gasteiger partial charge in [0, 0.05) is 24.6 Å². The lowest BCUT2D eigenvalue weighted by molar-refractivity contribution is -0.123. The van der Waals surface area contributed by atoms with Gasteiger partial charge in [0.2, 0.25) is 0 Å². The maximum atomic E-state index is 12.9. The van der Waals surface area contributed by atoms with Crippen LogP contribution in [0.2, 0.25) is 0 Å². The minimum atomic E-state index is -0.0898. The largest absolute Gasteiger partial charge is 0.320 e. The first-order valence-electron chi connectivity index (χ1n) is 10.9. The summed E-state index contributed by atoms with van der Waals surface area (Å²) < 4.78 is 0. The van der Waals surface area contributed by atoms with E-state index in [0.29, 0.717) is 23.7 Å². The summed E-state index contributed by atoms with van der Waals surface area (Å²) in [7, 11) is 0. The van der Waals surface area contributed by atoms with Gasteiger partial charge >= 0.3 is 0 Å². The average Bonchev–Trinajstić information content (AvgIpc) is 2.86. The van der Waals surface area contributed by atoms with Crippen LogP contribution in [0.1, 0.15) is 79.0 Å². The molecule has 1 fully saturated rings. The van der Waals surface area contributed by atoms with Gasteiger partial charge in [-0.05, 0) is 85.8 Å². The Balaban J connectivity index is 1.67. The number of benzene rings is 1. The molecule has 1 aromatic carbocycles. The molecule has 4 rings (SSSR count). The average molecular weight is 391 g/mol. The molecular formula is C25H30N2O2. The number of hydrogen-bond donors (Lipinski definition) is 1. The minimum Gasteiger partial charge on any atom is -0.320 e. The molecular weight excluding hydrogens is 360 g/mol. The molecule has 2 aromatic rings. The molecule has 4 heteroatoms. The smallest absolute Gasteiger partial charge is 0.255 e. The Morgan fingerprint density at radius 2 is 2.14 bits per heavy atom. The Hall–Kier alpha value is -2.49. The summed E-state index contributed by atoms with van der Waals surface area (Å²) in [6.45, 7) is 4.14. The van der Waals surface area contributed by atoms with Crippen molar-refractivity contribution in [1.29, 1.82) is 0 Å². The van der Waals surface area contributed by atoms with E-state index in [4.69, 9.17) is 0 Å². The van der Waals surface area contributed by atoms with Crippen molar-refractivity contribution < 1.29 is 9.59 Å². The standard InChI is InChI=1S/C25H30N2O2/c1-3-12-25-13-11-21(28)16-20(25)7-4-6-18-15-19(9-10-22(18)25)24(29)27-23-8-5-14-26-17(23)2/h5,8-10,14-15,20H,3-4,6-7,11-13,16H2,1-2H3,(H,27,29)/t20-,25+/m1/s1. The van der Waals surface area contributed by atoms with Gasteiger partial charge in [0.15, 0.2) is 0 Å². The summed E-state index contributed by atoms with van der Waals surface area (Å²) in [5.74, 6) is 0.781. The van der Waals surface area contributed by atoms with Crippen molar-refractivity contribution >= 4 is 17.4 Å². The number of hydrogen-bond acceptors (Lipinski definition) is 3. The van der Waals surface area contributed by atoms with Crippen LogP contribution in [0.4, 0.5) is 5.69 Å². The normalized spacial score (nSPS) is 23.7. The molecule has 4 nitrogen and oxygen atoms in total. The van der Waals surface area contributed by atoms with Crippen LogP contribution in [-0.4, -0.2) is 16.7 Å². The van der Waals surface area contributed by atoms with Crippen LogP contribution in [0.5, 0.6) is 0 Å². The summed E-state index contributed by atoms with van der Waals surface area (Å²) in [5.41, 5.74) is 5.05. The van der Waals surface area contributed by atoms with Gasteiger partial charge in [0.25, 0.3) is 5.91 Å². The van der Waals surface area contributed by atoms with Gasteiger partial charge in [-0.25, -0.2) is 0 Å². The fourth-order valence-electron chi connectivity index (χ4n) is 5.56. The van der Waals surface area contributed by atoms with Gasteiger partial charge in [-0.2, -0.15) is 0 Å². The van der Waals surface area contributed by atoms with E-state index < -0.39 is 0 Å². The molecule has 0 radical (unpaired) electrons. The van der Waals surface area contributed by atoms with E-state index in [1.54, 1.807) is 6.20 Å². The zero-order valence-corrected chi connectivity index (χ0v) is 17.5. The van der Waals surface area contributed by atoms with Gasteiger partial charge in [-0.1, -0.05) is 19.4 Å². The van der Waals surface area contributed by atoms with Crippen LogP contribution < -0.4 is 5.32 Å².